The molecular weight excluding hydrogens is 176 g/mol. The smallest absolute Gasteiger partial charge is 0.0184 e. The molecule has 1 aromatic carbocycles. The van der Waals surface area contributed by atoms with Crippen LogP contribution in [0, 0.1) is 5.92 Å². The second kappa shape index (κ2) is 6.09. The molecular formula is C12H18S. The van der Waals surface area contributed by atoms with Crippen LogP contribution in [0.25, 0.3) is 0 Å². The minimum atomic E-state index is 0.855. The molecule has 0 aliphatic carbocycles. The van der Waals surface area contributed by atoms with Crippen molar-refractivity contribution in [2.75, 3.05) is 5.75 Å². The lowest BCUT2D eigenvalue weighted by Crippen LogP contribution is -1.95. The molecule has 0 nitrogen and oxygen atoms in total. The van der Waals surface area contributed by atoms with Crippen molar-refractivity contribution < 1.29 is 0 Å². The summed E-state index contributed by atoms with van der Waals surface area (Å²) in [6.07, 6.45) is 1.29. The Labute approximate surface area is 85.7 Å². The molecule has 0 heterocycles. The number of hydrogen-bond donors (Lipinski definition) is 0. The Hall–Kier alpha value is -0.430. The molecule has 1 aromatic rings. The molecule has 13 heavy (non-hydrogen) atoms. The van der Waals surface area contributed by atoms with Crippen LogP contribution in [0.3, 0.4) is 0 Å². The standard InChI is InChI=1S/C12H18S/c1-3-11(2)9-13-10-12-7-5-4-6-8-12/h4-8,11H,3,9-10H2,1-2H3. The van der Waals surface area contributed by atoms with Crippen LogP contribution in [-0.4, -0.2) is 5.75 Å². The SMILES string of the molecule is CCC(C)CSCc1ccccc1. The molecule has 72 valence electrons. The van der Waals surface area contributed by atoms with Gasteiger partial charge in [-0.3, -0.25) is 0 Å². The average Bonchev–Trinajstić information content (AvgIpc) is 2.19. The van der Waals surface area contributed by atoms with Crippen LogP contribution < -0.4 is 0 Å². The lowest BCUT2D eigenvalue weighted by Gasteiger charge is -2.07. The number of thioether (sulfide) groups is 1. The molecule has 1 atom stereocenters. The van der Waals surface area contributed by atoms with Crippen LogP contribution in [0.1, 0.15) is 25.8 Å². The third kappa shape index (κ3) is 4.37. The summed E-state index contributed by atoms with van der Waals surface area (Å²) in [4.78, 5) is 0. The molecule has 0 aliphatic heterocycles. The van der Waals surface area contributed by atoms with Crippen LogP contribution in [0.15, 0.2) is 30.3 Å². The van der Waals surface area contributed by atoms with Gasteiger partial charge in [0.15, 0.2) is 0 Å². The number of hydrogen-bond acceptors (Lipinski definition) is 1. The summed E-state index contributed by atoms with van der Waals surface area (Å²) >= 11 is 2.04. The Morgan fingerprint density at radius 1 is 1.23 bits per heavy atom. The highest BCUT2D eigenvalue weighted by molar-refractivity contribution is 7.98. The molecule has 0 N–H and O–H groups in total. The fourth-order valence-electron chi connectivity index (χ4n) is 1.07. The van der Waals surface area contributed by atoms with Gasteiger partial charge in [-0.25, -0.2) is 0 Å². The Bertz CT molecular complexity index is 218. The van der Waals surface area contributed by atoms with Gasteiger partial charge < -0.3 is 0 Å². The van der Waals surface area contributed by atoms with E-state index >= 15 is 0 Å². The maximum atomic E-state index is 2.32. The molecule has 1 rings (SSSR count). The monoisotopic (exact) mass is 194 g/mol. The topological polar surface area (TPSA) is 0 Å². The zero-order chi connectivity index (χ0) is 9.52. The molecule has 0 aliphatic rings. The summed E-state index contributed by atoms with van der Waals surface area (Å²) in [6.45, 7) is 4.58. The normalized spacial score (nSPS) is 12.8. The van der Waals surface area contributed by atoms with Gasteiger partial charge in [-0.15, -0.1) is 0 Å². The molecule has 0 radical (unpaired) electrons. The second-order valence-electron chi connectivity index (χ2n) is 3.51. The van der Waals surface area contributed by atoms with Gasteiger partial charge in [0.25, 0.3) is 0 Å². The van der Waals surface area contributed by atoms with E-state index in [2.05, 4.69) is 44.2 Å². The molecule has 0 fully saturated rings. The van der Waals surface area contributed by atoms with Crippen LogP contribution in [0.5, 0.6) is 0 Å². The zero-order valence-corrected chi connectivity index (χ0v) is 9.31. The first-order valence-electron chi connectivity index (χ1n) is 4.94. The van der Waals surface area contributed by atoms with Gasteiger partial charge in [0, 0.05) is 5.75 Å². The molecule has 0 saturated carbocycles. The van der Waals surface area contributed by atoms with Gasteiger partial charge >= 0.3 is 0 Å². The van der Waals surface area contributed by atoms with E-state index in [1.54, 1.807) is 0 Å². The van der Waals surface area contributed by atoms with Crippen LogP contribution >= 0.6 is 11.8 Å². The minimum Gasteiger partial charge on any atom is -0.157 e. The summed E-state index contributed by atoms with van der Waals surface area (Å²) in [6, 6.07) is 10.7. The Balaban J connectivity index is 2.20. The molecule has 0 bridgehead atoms. The molecule has 0 spiro atoms. The Kier molecular flexibility index (Phi) is 4.99. The van der Waals surface area contributed by atoms with E-state index in [1.807, 2.05) is 11.8 Å². The van der Waals surface area contributed by atoms with Crippen molar-refractivity contribution in [1.29, 1.82) is 0 Å². The number of rotatable bonds is 5. The van der Waals surface area contributed by atoms with Crippen molar-refractivity contribution in [1.82, 2.24) is 0 Å². The van der Waals surface area contributed by atoms with Gasteiger partial charge in [0.1, 0.15) is 0 Å². The van der Waals surface area contributed by atoms with Crippen molar-refractivity contribution in [2.24, 2.45) is 5.92 Å². The summed E-state index contributed by atoms with van der Waals surface area (Å²) < 4.78 is 0. The zero-order valence-electron chi connectivity index (χ0n) is 8.49. The third-order valence-electron chi connectivity index (χ3n) is 2.21. The molecule has 0 saturated heterocycles. The lowest BCUT2D eigenvalue weighted by molar-refractivity contribution is 0.637. The van der Waals surface area contributed by atoms with Gasteiger partial charge in [-0.05, 0) is 17.2 Å². The minimum absolute atomic E-state index is 0.855. The predicted octanol–water partition coefficient (Wildman–Crippen LogP) is 3.97. The molecule has 1 unspecified atom stereocenters. The largest absolute Gasteiger partial charge is 0.157 e. The van der Waals surface area contributed by atoms with E-state index in [4.69, 9.17) is 0 Å². The molecule has 0 amide bonds. The van der Waals surface area contributed by atoms with Crippen LogP contribution in [-0.2, 0) is 5.75 Å². The molecule has 0 aromatic heterocycles. The second-order valence-corrected chi connectivity index (χ2v) is 4.54. The van der Waals surface area contributed by atoms with Crippen LogP contribution in [0.4, 0.5) is 0 Å². The van der Waals surface area contributed by atoms with E-state index in [9.17, 15) is 0 Å². The maximum Gasteiger partial charge on any atom is 0.0184 e. The maximum absolute atomic E-state index is 2.32. The first-order valence-corrected chi connectivity index (χ1v) is 6.10. The average molecular weight is 194 g/mol. The van der Waals surface area contributed by atoms with Crippen molar-refractivity contribution >= 4 is 11.8 Å². The third-order valence-corrected chi connectivity index (χ3v) is 3.55. The Morgan fingerprint density at radius 2 is 1.92 bits per heavy atom. The quantitative estimate of drug-likeness (QED) is 0.683. The first kappa shape index (κ1) is 10.6. The van der Waals surface area contributed by atoms with Gasteiger partial charge in [0.2, 0.25) is 0 Å². The van der Waals surface area contributed by atoms with E-state index < -0.39 is 0 Å². The lowest BCUT2D eigenvalue weighted by atomic mass is 10.2. The highest BCUT2D eigenvalue weighted by Crippen LogP contribution is 2.16. The van der Waals surface area contributed by atoms with Gasteiger partial charge in [-0.2, -0.15) is 11.8 Å². The van der Waals surface area contributed by atoms with Gasteiger partial charge in [-0.1, -0.05) is 50.6 Å². The Morgan fingerprint density at radius 3 is 2.54 bits per heavy atom. The van der Waals surface area contributed by atoms with Crippen molar-refractivity contribution in [3.05, 3.63) is 35.9 Å². The summed E-state index contributed by atoms with van der Waals surface area (Å²) in [5, 5.41) is 0. The summed E-state index contributed by atoms with van der Waals surface area (Å²) in [7, 11) is 0. The fourth-order valence-corrected chi connectivity index (χ4v) is 2.25. The van der Waals surface area contributed by atoms with E-state index in [1.165, 1.54) is 17.7 Å². The highest BCUT2D eigenvalue weighted by atomic mass is 32.2. The van der Waals surface area contributed by atoms with Crippen molar-refractivity contribution in [2.45, 2.75) is 26.0 Å². The van der Waals surface area contributed by atoms with Crippen molar-refractivity contribution in [3.63, 3.8) is 0 Å². The highest BCUT2D eigenvalue weighted by Gasteiger charge is 1.98. The summed E-state index contributed by atoms with van der Waals surface area (Å²) in [5.41, 5.74) is 1.44. The van der Waals surface area contributed by atoms with E-state index in [-0.39, 0.29) is 0 Å². The van der Waals surface area contributed by atoms with Crippen molar-refractivity contribution in [3.8, 4) is 0 Å². The number of benzene rings is 1. The van der Waals surface area contributed by atoms with Crippen LogP contribution in [0.2, 0.25) is 0 Å². The van der Waals surface area contributed by atoms with E-state index in [0.29, 0.717) is 0 Å². The first-order chi connectivity index (χ1) is 6.33. The van der Waals surface area contributed by atoms with E-state index in [0.717, 1.165) is 11.7 Å². The molecule has 1 heteroatoms. The predicted molar refractivity (Wildman–Crippen MR) is 62.1 cm³/mol. The van der Waals surface area contributed by atoms with Gasteiger partial charge in [0.05, 0.1) is 0 Å². The summed E-state index contributed by atoms with van der Waals surface area (Å²) in [5.74, 6) is 3.30. The fraction of sp³-hybridized carbons (Fsp3) is 0.500.